The maximum Gasteiger partial charge on any atom is 0.350 e. The van der Waals surface area contributed by atoms with Crippen molar-refractivity contribution in [2.45, 2.75) is 25.5 Å². The Bertz CT molecular complexity index is 1270. The van der Waals surface area contributed by atoms with Crippen LogP contribution in [0.1, 0.15) is 23.5 Å². The fourth-order valence-electron chi connectivity index (χ4n) is 3.29. The van der Waals surface area contributed by atoms with Gasteiger partial charge in [-0.1, -0.05) is 42.1 Å². The summed E-state index contributed by atoms with van der Waals surface area (Å²) in [6.45, 7) is 4.67. The lowest BCUT2D eigenvalue weighted by molar-refractivity contribution is -0.113. The highest BCUT2D eigenvalue weighted by atomic mass is 32.2. The van der Waals surface area contributed by atoms with Crippen LogP contribution in [0.5, 0.6) is 0 Å². The highest BCUT2D eigenvalue weighted by Gasteiger charge is 2.21. The summed E-state index contributed by atoms with van der Waals surface area (Å²) in [7, 11) is 0. The molecule has 0 atom stereocenters. The number of carbonyl (C=O) groups is 2. The van der Waals surface area contributed by atoms with E-state index < -0.39 is 5.97 Å². The van der Waals surface area contributed by atoms with Gasteiger partial charge >= 0.3 is 5.97 Å². The molecule has 8 nitrogen and oxygen atoms in total. The zero-order chi connectivity index (χ0) is 23.9. The Morgan fingerprint density at radius 2 is 1.82 bits per heavy atom. The topological polar surface area (TPSA) is 99.0 Å². The Morgan fingerprint density at radius 1 is 1.06 bits per heavy atom. The molecule has 1 N–H and O–H groups in total. The molecule has 10 heteroatoms. The molecule has 3 heterocycles. The van der Waals surface area contributed by atoms with E-state index in [1.165, 1.54) is 23.1 Å². The monoisotopic (exact) mass is 493 g/mol. The quantitative estimate of drug-likeness (QED) is 0.259. The van der Waals surface area contributed by atoms with Gasteiger partial charge in [-0.15, -0.1) is 21.5 Å². The normalized spacial score (nSPS) is 10.8. The molecule has 0 saturated carbocycles. The summed E-state index contributed by atoms with van der Waals surface area (Å²) in [4.78, 5) is 30.6. The minimum Gasteiger partial charge on any atom is -0.462 e. The second-order valence-corrected chi connectivity index (χ2v) is 9.06. The van der Waals surface area contributed by atoms with Crippen molar-refractivity contribution in [2.24, 2.45) is 0 Å². The number of thiophene rings is 1. The largest absolute Gasteiger partial charge is 0.462 e. The lowest BCUT2D eigenvalue weighted by Gasteiger charge is -2.08. The van der Waals surface area contributed by atoms with Crippen LogP contribution in [-0.4, -0.2) is 44.0 Å². The van der Waals surface area contributed by atoms with Crippen molar-refractivity contribution in [2.75, 3.05) is 17.7 Å². The smallest absolute Gasteiger partial charge is 0.350 e. The number of amides is 1. The summed E-state index contributed by atoms with van der Waals surface area (Å²) in [5.74, 6) is 0.143. The van der Waals surface area contributed by atoms with Crippen molar-refractivity contribution in [1.82, 2.24) is 19.7 Å². The highest BCUT2D eigenvalue weighted by molar-refractivity contribution is 7.99. The molecule has 0 saturated heterocycles. The van der Waals surface area contributed by atoms with Crippen molar-refractivity contribution in [3.63, 3.8) is 0 Å². The molecule has 4 aromatic rings. The van der Waals surface area contributed by atoms with Gasteiger partial charge in [0.25, 0.3) is 0 Å². The van der Waals surface area contributed by atoms with E-state index >= 15 is 0 Å². The van der Waals surface area contributed by atoms with Crippen LogP contribution in [0.3, 0.4) is 0 Å². The van der Waals surface area contributed by atoms with E-state index in [2.05, 4.69) is 20.5 Å². The number of carbonyl (C=O) groups excluding carboxylic acids is 2. The van der Waals surface area contributed by atoms with E-state index in [0.29, 0.717) is 22.3 Å². The van der Waals surface area contributed by atoms with Gasteiger partial charge in [0.15, 0.2) is 11.0 Å². The number of ether oxygens (including phenoxy) is 1. The lowest BCUT2D eigenvalue weighted by atomic mass is 10.2. The van der Waals surface area contributed by atoms with Crippen molar-refractivity contribution < 1.29 is 14.3 Å². The first-order chi connectivity index (χ1) is 16.6. The molecule has 174 valence electrons. The maximum atomic E-state index is 12.8. The number of nitrogens with one attached hydrogen (secondary N) is 1. The minimum absolute atomic E-state index is 0.118. The van der Waals surface area contributed by atoms with E-state index in [0.717, 1.165) is 21.8 Å². The molecule has 0 fully saturated rings. The van der Waals surface area contributed by atoms with Crippen LogP contribution in [0, 0.1) is 0 Å². The number of hydrogen-bond acceptors (Lipinski definition) is 8. The Morgan fingerprint density at radius 3 is 2.53 bits per heavy atom. The maximum absolute atomic E-state index is 12.8. The molecule has 0 aliphatic carbocycles. The molecule has 1 aromatic carbocycles. The first-order valence-electron chi connectivity index (χ1n) is 10.7. The molecular formula is C24H23N5O3S2. The van der Waals surface area contributed by atoms with E-state index in [1.807, 2.05) is 60.0 Å². The Balaban J connectivity index is 1.49. The number of esters is 1. The predicted molar refractivity (Wildman–Crippen MR) is 134 cm³/mol. The highest BCUT2D eigenvalue weighted by Crippen LogP contribution is 2.35. The number of hydrogen-bond donors (Lipinski definition) is 1. The fraction of sp³-hybridized carbons (Fsp3) is 0.208. The number of thioether (sulfide) groups is 1. The van der Waals surface area contributed by atoms with Crippen molar-refractivity contribution in [1.29, 1.82) is 0 Å². The third kappa shape index (κ3) is 5.35. The van der Waals surface area contributed by atoms with Crippen LogP contribution in [0.25, 0.3) is 21.8 Å². The zero-order valence-corrected chi connectivity index (χ0v) is 20.4. The number of rotatable bonds is 9. The van der Waals surface area contributed by atoms with Gasteiger partial charge in [0.2, 0.25) is 5.91 Å². The number of aromatic nitrogens is 4. The van der Waals surface area contributed by atoms with E-state index in [-0.39, 0.29) is 18.3 Å². The van der Waals surface area contributed by atoms with Gasteiger partial charge < -0.3 is 14.6 Å². The molecule has 0 aliphatic rings. The second kappa shape index (κ2) is 11.1. The molecular weight excluding hydrogens is 470 g/mol. The summed E-state index contributed by atoms with van der Waals surface area (Å²) >= 11 is 2.59. The van der Waals surface area contributed by atoms with Gasteiger partial charge in [-0.3, -0.25) is 9.78 Å². The Kier molecular flexibility index (Phi) is 7.71. The van der Waals surface area contributed by atoms with Crippen LogP contribution in [0.2, 0.25) is 0 Å². The van der Waals surface area contributed by atoms with Crippen molar-refractivity contribution >= 4 is 40.7 Å². The van der Waals surface area contributed by atoms with Gasteiger partial charge in [0.1, 0.15) is 4.88 Å². The van der Waals surface area contributed by atoms with Gasteiger partial charge in [-0.05, 0) is 37.6 Å². The average molecular weight is 494 g/mol. The van der Waals surface area contributed by atoms with E-state index in [4.69, 9.17) is 4.74 Å². The van der Waals surface area contributed by atoms with Crippen LogP contribution in [0.15, 0.2) is 66.1 Å². The minimum atomic E-state index is -0.453. The fourth-order valence-corrected chi connectivity index (χ4v) is 5.10. The second-order valence-electron chi connectivity index (χ2n) is 7.06. The summed E-state index contributed by atoms with van der Waals surface area (Å²) in [6.07, 6.45) is 3.41. The molecule has 0 bridgehead atoms. The number of anilines is 1. The average Bonchev–Trinajstić information content (AvgIpc) is 3.48. The molecule has 4 rings (SSSR count). The van der Waals surface area contributed by atoms with Gasteiger partial charge in [-0.25, -0.2) is 4.79 Å². The molecule has 1 amide bonds. The SMILES string of the molecule is CCOC(=O)c1sc(-c2ccccc2)cc1NC(=O)CSc1nnc(-c2ccncc2)n1CC. The summed E-state index contributed by atoms with van der Waals surface area (Å²) in [6, 6.07) is 15.3. The summed E-state index contributed by atoms with van der Waals surface area (Å²) in [5.41, 5.74) is 2.32. The van der Waals surface area contributed by atoms with Crippen LogP contribution >= 0.6 is 23.1 Å². The molecule has 0 radical (unpaired) electrons. The van der Waals surface area contributed by atoms with E-state index in [1.54, 1.807) is 19.3 Å². The number of nitrogens with zero attached hydrogens (tertiary/aromatic N) is 4. The van der Waals surface area contributed by atoms with E-state index in [9.17, 15) is 9.59 Å². The standard InChI is InChI=1S/C24H23N5O3S2/c1-3-29-22(17-10-12-25-13-11-17)27-28-24(29)33-15-20(30)26-18-14-19(16-8-6-5-7-9-16)34-21(18)23(31)32-4-2/h5-14H,3-4,15H2,1-2H3,(H,26,30). The molecule has 3 aromatic heterocycles. The Labute approximate surface area is 205 Å². The Hall–Kier alpha value is -3.50. The number of pyridine rings is 1. The van der Waals surface area contributed by atoms with Gasteiger partial charge in [0, 0.05) is 29.4 Å². The van der Waals surface area contributed by atoms with Crippen LogP contribution in [0.4, 0.5) is 5.69 Å². The molecule has 34 heavy (non-hydrogen) atoms. The third-order valence-electron chi connectivity index (χ3n) is 4.83. The first kappa shape index (κ1) is 23.7. The van der Waals surface area contributed by atoms with Gasteiger partial charge in [0.05, 0.1) is 18.0 Å². The predicted octanol–water partition coefficient (Wildman–Crippen LogP) is 5.00. The summed E-state index contributed by atoms with van der Waals surface area (Å²) < 4.78 is 7.15. The molecule has 0 unspecified atom stereocenters. The van der Waals surface area contributed by atoms with Crippen LogP contribution in [-0.2, 0) is 16.1 Å². The van der Waals surface area contributed by atoms with Crippen molar-refractivity contribution in [3.05, 3.63) is 65.8 Å². The molecule has 0 spiro atoms. The molecule has 0 aliphatic heterocycles. The van der Waals surface area contributed by atoms with Crippen LogP contribution < -0.4 is 5.32 Å². The summed E-state index contributed by atoms with van der Waals surface area (Å²) in [5, 5.41) is 12.1. The lowest BCUT2D eigenvalue weighted by Crippen LogP contribution is -2.16. The third-order valence-corrected chi connectivity index (χ3v) is 6.96. The van der Waals surface area contributed by atoms with Gasteiger partial charge in [-0.2, -0.15) is 0 Å². The first-order valence-corrected chi connectivity index (χ1v) is 12.5. The zero-order valence-electron chi connectivity index (χ0n) is 18.7. The number of benzene rings is 1. The van der Waals surface area contributed by atoms with Crippen molar-refractivity contribution in [3.8, 4) is 21.8 Å².